The molecule has 4 nitrogen and oxygen atoms in total. The van der Waals surface area contributed by atoms with Gasteiger partial charge in [-0.3, -0.25) is 4.79 Å². The van der Waals surface area contributed by atoms with Gasteiger partial charge in [0.05, 0.1) is 6.20 Å². The van der Waals surface area contributed by atoms with Crippen LogP contribution in [-0.2, 0) is 4.79 Å². The van der Waals surface area contributed by atoms with E-state index in [9.17, 15) is 4.79 Å². The van der Waals surface area contributed by atoms with E-state index >= 15 is 0 Å². The lowest BCUT2D eigenvalue weighted by molar-refractivity contribution is -0.113. The minimum atomic E-state index is -0.258. The molecule has 1 aromatic heterocycles. The standard InChI is InChI=1S/C8H11ClN2O2/c1-5(2)8-6(4-10-13-8)11-7(12)3-9/h4-5H,3H2,1-2H3,(H,11,12). The second kappa shape index (κ2) is 4.28. The van der Waals surface area contributed by atoms with E-state index < -0.39 is 0 Å². The minimum absolute atomic E-state index is 0.0668. The second-order valence-electron chi connectivity index (χ2n) is 2.94. The van der Waals surface area contributed by atoms with Crippen molar-refractivity contribution in [3.05, 3.63) is 12.0 Å². The van der Waals surface area contributed by atoms with E-state index in [-0.39, 0.29) is 17.7 Å². The van der Waals surface area contributed by atoms with Crippen LogP contribution in [-0.4, -0.2) is 16.9 Å². The SMILES string of the molecule is CC(C)c1oncc1NC(=O)CCl. The number of halogens is 1. The van der Waals surface area contributed by atoms with Gasteiger partial charge < -0.3 is 9.84 Å². The summed E-state index contributed by atoms with van der Waals surface area (Å²) in [6.45, 7) is 3.91. The molecule has 1 rings (SSSR count). The number of hydrogen-bond donors (Lipinski definition) is 1. The molecule has 0 atom stereocenters. The maximum atomic E-state index is 10.9. The molecule has 72 valence electrons. The first-order valence-electron chi connectivity index (χ1n) is 3.95. The van der Waals surface area contributed by atoms with Crippen molar-refractivity contribution < 1.29 is 9.32 Å². The first-order chi connectivity index (χ1) is 6.15. The van der Waals surface area contributed by atoms with Crippen LogP contribution in [0.5, 0.6) is 0 Å². The molecule has 0 aromatic carbocycles. The molecule has 1 aromatic rings. The zero-order chi connectivity index (χ0) is 9.84. The fraction of sp³-hybridized carbons (Fsp3) is 0.500. The van der Waals surface area contributed by atoms with Gasteiger partial charge in [-0.05, 0) is 0 Å². The van der Waals surface area contributed by atoms with Crippen molar-refractivity contribution in [2.45, 2.75) is 19.8 Å². The number of amides is 1. The van der Waals surface area contributed by atoms with E-state index in [1.165, 1.54) is 6.20 Å². The van der Waals surface area contributed by atoms with Gasteiger partial charge in [-0.2, -0.15) is 0 Å². The molecule has 0 bridgehead atoms. The second-order valence-corrected chi connectivity index (χ2v) is 3.21. The Labute approximate surface area is 81.2 Å². The van der Waals surface area contributed by atoms with E-state index in [2.05, 4.69) is 10.5 Å². The molecule has 0 saturated carbocycles. The first-order valence-corrected chi connectivity index (χ1v) is 4.49. The average Bonchev–Trinajstić information content (AvgIpc) is 2.52. The van der Waals surface area contributed by atoms with Gasteiger partial charge in [0.25, 0.3) is 0 Å². The van der Waals surface area contributed by atoms with Crippen LogP contribution in [0.15, 0.2) is 10.7 Å². The van der Waals surface area contributed by atoms with Crippen LogP contribution in [0.25, 0.3) is 0 Å². The van der Waals surface area contributed by atoms with Crippen molar-refractivity contribution in [3.8, 4) is 0 Å². The van der Waals surface area contributed by atoms with Gasteiger partial charge in [0, 0.05) is 5.92 Å². The normalized spacial score (nSPS) is 10.5. The van der Waals surface area contributed by atoms with Crippen molar-refractivity contribution >= 4 is 23.2 Å². The topological polar surface area (TPSA) is 55.1 Å². The lowest BCUT2D eigenvalue weighted by atomic mass is 10.1. The highest BCUT2D eigenvalue weighted by Gasteiger charge is 2.13. The molecule has 0 aliphatic heterocycles. The molecule has 1 amide bonds. The number of anilines is 1. The first kappa shape index (κ1) is 10.1. The van der Waals surface area contributed by atoms with Gasteiger partial charge in [-0.25, -0.2) is 0 Å². The molecular formula is C8H11ClN2O2. The fourth-order valence-corrected chi connectivity index (χ4v) is 1.01. The van der Waals surface area contributed by atoms with Crippen LogP contribution < -0.4 is 5.32 Å². The number of nitrogens with one attached hydrogen (secondary N) is 1. The van der Waals surface area contributed by atoms with Crippen molar-refractivity contribution in [2.24, 2.45) is 0 Å². The Morgan fingerprint density at radius 1 is 1.77 bits per heavy atom. The quantitative estimate of drug-likeness (QED) is 0.763. The van der Waals surface area contributed by atoms with Crippen molar-refractivity contribution in [1.82, 2.24) is 5.16 Å². The number of carbonyl (C=O) groups excluding carboxylic acids is 1. The highest BCUT2D eigenvalue weighted by molar-refractivity contribution is 6.29. The zero-order valence-corrected chi connectivity index (χ0v) is 8.26. The maximum Gasteiger partial charge on any atom is 0.239 e. The molecule has 1 heterocycles. The van der Waals surface area contributed by atoms with Crippen LogP contribution in [0.2, 0.25) is 0 Å². The van der Waals surface area contributed by atoms with E-state index in [1.807, 2.05) is 13.8 Å². The van der Waals surface area contributed by atoms with Crippen molar-refractivity contribution in [2.75, 3.05) is 11.2 Å². The summed E-state index contributed by atoms with van der Waals surface area (Å²) in [5, 5.41) is 6.19. The summed E-state index contributed by atoms with van der Waals surface area (Å²) in [5.41, 5.74) is 0.598. The predicted octanol–water partition coefficient (Wildman–Crippen LogP) is 1.98. The van der Waals surface area contributed by atoms with E-state index in [0.717, 1.165) is 0 Å². The Morgan fingerprint density at radius 3 is 3.00 bits per heavy atom. The molecule has 0 radical (unpaired) electrons. The molecule has 0 spiro atoms. The van der Waals surface area contributed by atoms with E-state index in [1.54, 1.807) is 0 Å². The summed E-state index contributed by atoms with van der Waals surface area (Å²) < 4.78 is 4.96. The lowest BCUT2D eigenvalue weighted by Gasteiger charge is -2.03. The van der Waals surface area contributed by atoms with Crippen molar-refractivity contribution in [1.29, 1.82) is 0 Å². The Kier molecular flexibility index (Phi) is 3.31. The predicted molar refractivity (Wildman–Crippen MR) is 49.9 cm³/mol. The smallest absolute Gasteiger partial charge is 0.239 e. The Hall–Kier alpha value is -1.03. The number of carbonyl (C=O) groups is 1. The number of hydrogen-bond acceptors (Lipinski definition) is 3. The molecule has 5 heteroatoms. The third-order valence-electron chi connectivity index (χ3n) is 1.52. The van der Waals surface area contributed by atoms with Gasteiger partial charge in [0.15, 0.2) is 5.76 Å². The van der Waals surface area contributed by atoms with Crippen LogP contribution in [0, 0.1) is 0 Å². The third kappa shape index (κ3) is 2.45. The fourth-order valence-electron chi connectivity index (χ4n) is 0.943. The van der Waals surface area contributed by atoms with Gasteiger partial charge >= 0.3 is 0 Å². The molecule has 1 N–H and O–H groups in total. The molecule has 0 aliphatic rings. The molecule has 0 aliphatic carbocycles. The average molecular weight is 203 g/mol. The lowest BCUT2D eigenvalue weighted by Crippen LogP contribution is -2.13. The monoisotopic (exact) mass is 202 g/mol. The zero-order valence-electron chi connectivity index (χ0n) is 7.50. The van der Waals surface area contributed by atoms with E-state index in [0.29, 0.717) is 11.4 Å². The molecule has 0 unspecified atom stereocenters. The molecular weight excluding hydrogens is 192 g/mol. The summed E-state index contributed by atoms with van der Waals surface area (Å²) in [6.07, 6.45) is 1.47. The molecule has 13 heavy (non-hydrogen) atoms. The highest BCUT2D eigenvalue weighted by atomic mass is 35.5. The Bertz CT molecular complexity index is 296. The van der Waals surface area contributed by atoms with Gasteiger partial charge in [0.2, 0.25) is 5.91 Å². The maximum absolute atomic E-state index is 10.9. The summed E-state index contributed by atoms with van der Waals surface area (Å²) in [6, 6.07) is 0. The van der Waals surface area contributed by atoms with Crippen LogP contribution >= 0.6 is 11.6 Å². The molecule has 0 fully saturated rings. The summed E-state index contributed by atoms with van der Waals surface area (Å²) >= 11 is 5.34. The number of rotatable bonds is 3. The summed E-state index contributed by atoms with van der Waals surface area (Å²) in [7, 11) is 0. The van der Waals surface area contributed by atoms with Gasteiger partial charge in [-0.15, -0.1) is 11.6 Å². The van der Waals surface area contributed by atoms with Crippen LogP contribution in [0.4, 0.5) is 5.69 Å². The number of nitrogens with zero attached hydrogens (tertiary/aromatic N) is 1. The minimum Gasteiger partial charge on any atom is -0.359 e. The summed E-state index contributed by atoms with van der Waals surface area (Å²) in [4.78, 5) is 10.9. The largest absolute Gasteiger partial charge is 0.359 e. The van der Waals surface area contributed by atoms with Crippen LogP contribution in [0.3, 0.4) is 0 Å². The number of aromatic nitrogens is 1. The Balaban J connectivity index is 2.76. The third-order valence-corrected chi connectivity index (χ3v) is 1.76. The summed E-state index contributed by atoms with van der Waals surface area (Å²) in [5.74, 6) is 0.529. The molecule has 0 saturated heterocycles. The van der Waals surface area contributed by atoms with Gasteiger partial charge in [0.1, 0.15) is 11.6 Å². The van der Waals surface area contributed by atoms with E-state index in [4.69, 9.17) is 16.1 Å². The van der Waals surface area contributed by atoms with Crippen molar-refractivity contribution in [3.63, 3.8) is 0 Å². The highest BCUT2D eigenvalue weighted by Crippen LogP contribution is 2.23. The van der Waals surface area contributed by atoms with Gasteiger partial charge in [-0.1, -0.05) is 19.0 Å². The number of alkyl halides is 1. The Morgan fingerprint density at radius 2 is 2.46 bits per heavy atom. The van der Waals surface area contributed by atoms with Crippen LogP contribution in [0.1, 0.15) is 25.5 Å².